The standard InChI is InChI=1S/C18H18F3N3O2/c19-18(20,21)26-16-4-1-3-12(9-16)17(25)24-13-5-6-14(24)11-15(10-13)23-8-2-7-22-23/h1-4,7-9,13-15H,5-6,10-11H2. The molecule has 0 N–H and O–H groups in total. The van der Waals surface area contributed by atoms with E-state index in [-0.39, 0.29) is 35.3 Å². The maximum absolute atomic E-state index is 12.9. The van der Waals surface area contributed by atoms with Crippen LogP contribution in [-0.2, 0) is 0 Å². The monoisotopic (exact) mass is 365 g/mol. The summed E-state index contributed by atoms with van der Waals surface area (Å²) in [6.07, 6.45) is 2.33. The Morgan fingerprint density at radius 1 is 1.12 bits per heavy atom. The fourth-order valence-electron chi connectivity index (χ4n) is 4.17. The molecule has 8 heteroatoms. The molecule has 5 nitrogen and oxygen atoms in total. The van der Waals surface area contributed by atoms with Gasteiger partial charge in [-0.05, 0) is 49.9 Å². The Morgan fingerprint density at radius 3 is 2.46 bits per heavy atom. The van der Waals surface area contributed by atoms with Gasteiger partial charge < -0.3 is 9.64 Å². The summed E-state index contributed by atoms with van der Waals surface area (Å²) < 4.78 is 43.1. The van der Waals surface area contributed by atoms with E-state index < -0.39 is 6.36 Å². The molecule has 1 amide bonds. The highest BCUT2D eigenvalue weighted by atomic mass is 19.4. The molecule has 1 aromatic heterocycles. The summed E-state index contributed by atoms with van der Waals surface area (Å²) in [6.45, 7) is 0. The van der Waals surface area contributed by atoms with Crippen LogP contribution in [0.5, 0.6) is 5.75 Å². The van der Waals surface area contributed by atoms with Crippen LogP contribution >= 0.6 is 0 Å². The number of hydrogen-bond acceptors (Lipinski definition) is 3. The summed E-state index contributed by atoms with van der Waals surface area (Å²) >= 11 is 0. The molecule has 4 rings (SSSR count). The number of carbonyl (C=O) groups excluding carboxylic acids is 1. The van der Waals surface area contributed by atoms with Gasteiger partial charge in [-0.2, -0.15) is 5.10 Å². The minimum atomic E-state index is -4.77. The number of amides is 1. The van der Waals surface area contributed by atoms with Gasteiger partial charge in [-0.25, -0.2) is 0 Å². The van der Waals surface area contributed by atoms with Crippen molar-refractivity contribution >= 4 is 5.91 Å². The molecule has 26 heavy (non-hydrogen) atoms. The lowest BCUT2D eigenvalue weighted by Crippen LogP contribution is -2.47. The lowest BCUT2D eigenvalue weighted by atomic mass is 9.96. The summed E-state index contributed by atoms with van der Waals surface area (Å²) in [5, 5.41) is 4.30. The number of carbonyl (C=O) groups is 1. The first-order valence-electron chi connectivity index (χ1n) is 8.58. The number of fused-ring (bicyclic) bond motifs is 2. The zero-order valence-corrected chi connectivity index (χ0v) is 13.9. The van der Waals surface area contributed by atoms with Crippen molar-refractivity contribution in [2.75, 3.05) is 0 Å². The van der Waals surface area contributed by atoms with Crippen molar-refractivity contribution in [1.82, 2.24) is 14.7 Å². The molecule has 0 spiro atoms. The van der Waals surface area contributed by atoms with E-state index in [2.05, 4.69) is 9.84 Å². The molecule has 0 radical (unpaired) electrons. The van der Waals surface area contributed by atoms with Crippen LogP contribution in [0.15, 0.2) is 42.7 Å². The normalized spacial score (nSPS) is 25.3. The predicted molar refractivity (Wildman–Crippen MR) is 86.6 cm³/mol. The van der Waals surface area contributed by atoms with Gasteiger partial charge in [-0.15, -0.1) is 13.2 Å². The second-order valence-corrected chi connectivity index (χ2v) is 6.78. The maximum Gasteiger partial charge on any atom is 0.573 e. The van der Waals surface area contributed by atoms with E-state index in [4.69, 9.17) is 0 Å². The van der Waals surface area contributed by atoms with Crippen LogP contribution in [0, 0.1) is 0 Å². The number of rotatable bonds is 3. The highest BCUT2D eigenvalue weighted by Crippen LogP contribution is 2.41. The molecule has 3 heterocycles. The van der Waals surface area contributed by atoms with E-state index in [9.17, 15) is 18.0 Å². The molecule has 1 aromatic carbocycles. The summed E-state index contributed by atoms with van der Waals surface area (Å²) in [6, 6.07) is 7.61. The number of piperidine rings is 1. The number of aromatic nitrogens is 2. The van der Waals surface area contributed by atoms with Gasteiger partial charge in [0.2, 0.25) is 0 Å². The van der Waals surface area contributed by atoms with Crippen LogP contribution in [0.4, 0.5) is 13.2 Å². The van der Waals surface area contributed by atoms with Crippen molar-refractivity contribution in [3.8, 4) is 5.75 Å². The predicted octanol–water partition coefficient (Wildman–Crippen LogP) is 3.79. The lowest BCUT2D eigenvalue weighted by molar-refractivity contribution is -0.274. The Kier molecular flexibility index (Phi) is 4.13. The first kappa shape index (κ1) is 16.9. The van der Waals surface area contributed by atoms with Crippen molar-refractivity contribution in [2.24, 2.45) is 0 Å². The minimum absolute atomic E-state index is 0.0858. The van der Waals surface area contributed by atoms with Crippen molar-refractivity contribution < 1.29 is 22.7 Å². The largest absolute Gasteiger partial charge is 0.573 e. The molecule has 2 saturated heterocycles. The molecule has 138 valence electrons. The van der Waals surface area contributed by atoms with Gasteiger partial charge in [0.1, 0.15) is 5.75 Å². The Hall–Kier alpha value is -2.51. The molecule has 2 aliphatic rings. The van der Waals surface area contributed by atoms with E-state index in [0.717, 1.165) is 31.7 Å². The molecule has 2 unspecified atom stereocenters. The smallest absolute Gasteiger partial charge is 0.406 e. The van der Waals surface area contributed by atoms with Crippen LogP contribution in [0.3, 0.4) is 0 Å². The third-order valence-corrected chi connectivity index (χ3v) is 5.16. The highest BCUT2D eigenvalue weighted by molar-refractivity contribution is 5.95. The molecular weight excluding hydrogens is 347 g/mol. The fraction of sp³-hybridized carbons (Fsp3) is 0.444. The van der Waals surface area contributed by atoms with Gasteiger partial charge in [-0.1, -0.05) is 6.07 Å². The molecule has 2 fully saturated rings. The number of nitrogens with zero attached hydrogens (tertiary/aromatic N) is 3. The average Bonchev–Trinajstić information content (AvgIpc) is 3.20. The van der Waals surface area contributed by atoms with Crippen LogP contribution in [0.25, 0.3) is 0 Å². The number of alkyl halides is 3. The topological polar surface area (TPSA) is 47.4 Å². The van der Waals surface area contributed by atoms with Crippen LogP contribution < -0.4 is 4.74 Å². The van der Waals surface area contributed by atoms with Crippen LogP contribution in [-0.4, -0.2) is 39.0 Å². The second kappa shape index (κ2) is 6.34. The zero-order chi connectivity index (χ0) is 18.3. The average molecular weight is 365 g/mol. The Morgan fingerprint density at radius 2 is 1.85 bits per heavy atom. The SMILES string of the molecule is O=C(c1cccc(OC(F)(F)F)c1)N1C2CCC1CC(n1cccn1)C2. The van der Waals surface area contributed by atoms with Gasteiger partial charge in [0, 0.05) is 30.0 Å². The van der Waals surface area contributed by atoms with Crippen LogP contribution in [0.1, 0.15) is 42.1 Å². The zero-order valence-electron chi connectivity index (χ0n) is 13.9. The van der Waals surface area contributed by atoms with Crippen LogP contribution in [0.2, 0.25) is 0 Å². The summed E-state index contributed by atoms with van der Waals surface area (Å²) in [5.74, 6) is -0.605. The van der Waals surface area contributed by atoms with Crippen molar-refractivity contribution in [2.45, 2.75) is 50.2 Å². The summed E-state index contributed by atoms with van der Waals surface area (Å²) in [5.41, 5.74) is 0.223. The molecule has 2 aromatic rings. The fourth-order valence-corrected chi connectivity index (χ4v) is 4.17. The van der Waals surface area contributed by atoms with Gasteiger partial charge in [0.25, 0.3) is 5.91 Å². The number of halogens is 3. The molecule has 2 bridgehead atoms. The Labute approximate surface area is 148 Å². The first-order chi connectivity index (χ1) is 12.4. The molecule has 0 saturated carbocycles. The molecule has 2 aliphatic heterocycles. The number of ether oxygens (including phenoxy) is 1. The summed E-state index contributed by atoms with van der Waals surface area (Å²) in [4.78, 5) is 14.8. The maximum atomic E-state index is 12.9. The summed E-state index contributed by atoms with van der Waals surface area (Å²) in [7, 11) is 0. The van der Waals surface area contributed by atoms with Gasteiger partial charge in [0.05, 0.1) is 6.04 Å². The van der Waals surface area contributed by atoms with E-state index in [1.807, 2.05) is 21.8 Å². The molecule has 2 atom stereocenters. The van der Waals surface area contributed by atoms with Crippen molar-refractivity contribution in [1.29, 1.82) is 0 Å². The van der Waals surface area contributed by atoms with E-state index >= 15 is 0 Å². The highest BCUT2D eigenvalue weighted by Gasteiger charge is 2.44. The quantitative estimate of drug-likeness (QED) is 0.831. The number of benzene rings is 1. The first-order valence-corrected chi connectivity index (χ1v) is 8.58. The molecule has 0 aliphatic carbocycles. The van der Waals surface area contributed by atoms with Gasteiger partial charge >= 0.3 is 6.36 Å². The number of hydrogen-bond donors (Lipinski definition) is 0. The van der Waals surface area contributed by atoms with Crippen molar-refractivity contribution in [3.05, 3.63) is 48.3 Å². The van der Waals surface area contributed by atoms with Crippen molar-refractivity contribution in [3.63, 3.8) is 0 Å². The van der Waals surface area contributed by atoms with E-state index in [1.54, 1.807) is 6.20 Å². The third kappa shape index (κ3) is 3.27. The van der Waals surface area contributed by atoms with Gasteiger partial charge in [0.15, 0.2) is 0 Å². The third-order valence-electron chi connectivity index (χ3n) is 5.16. The Bertz CT molecular complexity index is 777. The Balaban J connectivity index is 1.52. The van der Waals surface area contributed by atoms with E-state index in [1.165, 1.54) is 18.2 Å². The second-order valence-electron chi connectivity index (χ2n) is 6.78. The molecular formula is C18H18F3N3O2. The van der Waals surface area contributed by atoms with E-state index in [0.29, 0.717) is 0 Å². The lowest BCUT2D eigenvalue weighted by Gasteiger charge is -2.39. The minimum Gasteiger partial charge on any atom is -0.406 e. The van der Waals surface area contributed by atoms with Gasteiger partial charge in [-0.3, -0.25) is 9.48 Å².